The first-order valence-corrected chi connectivity index (χ1v) is 5.34. The van der Waals surface area contributed by atoms with Crippen molar-refractivity contribution in [2.45, 2.75) is 0 Å². The predicted octanol–water partition coefficient (Wildman–Crippen LogP) is 1.22. The lowest BCUT2D eigenvalue weighted by molar-refractivity contribution is 0.475. The minimum atomic E-state index is 0.235. The monoisotopic (exact) mass is 230 g/mol. The summed E-state index contributed by atoms with van der Waals surface area (Å²) in [6.45, 7) is 1.21. The number of anilines is 1. The van der Waals surface area contributed by atoms with E-state index >= 15 is 0 Å². The van der Waals surface area contributed by atoms with Gasteiger partial charge in [-0.25, -0.2) is 9.97 Å². The van der Waals surface area contributed by atoms with Crippen LogP contribution in [0.4, 0.5) is 5.69 Å². The average molecular weight is 230 g/mol. The van der Waals surface area contributed by atoms with Crippen LogP contribution in [0, 0.1) is 0 Å². The summed E-state index contributed by atoms with van der Waals surface area (Å²) in [7, 11) is 0. The van der Waals surface area contributed by atoms with Crippen LogP contribution in [-0.2, 0) is 0 Å². The van der Waals surface area contributed by atoms with Crippen LogP contribution in [0.1, 0.15) is 0 Å². The zero-order valence-corrected chi connectivity index (χ0v) is 9.30. The summed E-state index contributed by atoms with van der Waals surface area (Å²) in [6, 6.07) is 6.88. The minimum Gasteiger partial charge on any atom is -0.508 e. The number of nitrogens with one attached hydrogen (secondary N) is 1. The summed E-state index contributed by atoms with van der Waals surface area (Å²) in [4.78, 5) is 8.21. The summed E-state index contributed by atoms with van der Waals surface area (Å²) in [5, 5.41) is 12.4. The van der Waals surface area contributed by atoms with Gasteiger partial charge in [-0.3, -0.25) is 0 Å². The molecule has 0 aliphatic carbocycles. The van der Waals surface area contributed by atoms with E-state index in [1.165, 1.54) is 6.33 Å². The van der Waals surface area contributed by atoms with E-state index in [0.717, 1.165) is 16.9 Å². The molecule has 0 saturated heterocycles. The van der Waals surface area contributed by atoms with Crippen LogP contribution in [0.3, 0.4) is 0 Å². The number of hydrogen-bond donors (Lipinski definition) is 3. The van der Waals surface area contributed by atoms with E-state index in [0.29, 0.717) is 13.1 Å². The lowest BCUT2D eigenvalue weighted by Gasteiger charge is -2.09. The number of aromatic hydroxyl groups is 1. The molecule has 0 aliphatic heterocycles. The molecule has 5 nitrogen and oxygen atoms in total. The maximum Gasteiger partial charge on any atom is 0.116 e. The molecule has 0 radical (unpaired) electrons. The van der Waals surface area contributed by atoms with Gasteiger partial charge in [-0.15, -0.1) is 0 Å². The fourth-order valence-electron chi connectivity index (χ4n) is 1.52. The summed E-state index contributed by atoms with van der Waals surface area (Å²) < 4.78 is 0. The highest BCUT2D eigenvalue weighted by Gasteiger charge is 2.05. The largest absolute Gasteiger partial charge is 0.508 e. The fourth-order valence-corrected chi connectivity index (χ4v) is 1.52. The Bertz CT molecular complexity index is 484. The van der Waals surface area contributed by atoms with Gasteiger partial charge in [0.15, 0.2) is 0 Å². The molecule has 0 unspecified atom stereocenters. The molecule has 2 aromatic rings. The Hall–Kier alpha value is -2.14. The van der Waals surface area contributed by atoms with Gasteiger partial charge in [-0.2, -0.15) is 0 Å². The van der Waals surface area contributed by atoms with Crippen LogP contribution in [-0.4, -0.2) is 28.2 Å². The topological polar surface area (TPSA) is 84.1 Å². The van der Waals surface area contributed by atoms with Crippen molar-refractivity contribution in [2.75, 3.05) is 18.4 Å². The number of nitrogens with two attached hydrogens (primary N) is 1. The van der Waals surface area contributed by atoms with Crippen molar-refractivity contribution < 1.29 is 5.11 Å². The highest BCUT2D eigenvalue weighted by atomic mass is 16.3. The molecule has 0 atom stereocenters. The van der Waals surface area contributed by atoms with Gasteiger partial charge in [0.05, 0.1) is 17.6 Å². The fraction of sp³-hybridized carbons (Fsp3) is 0.167. The van der Waals surface area contributed by atoms with Crippen LogP contribution in [0.2, 0.25) is 0 Å². The summed E-state index contributed by atoms with van der Waals surface area (Å²) in [5.74, 6) is 0.235. The van der Waals surface area contributed by atoms with E-state index in [4.69, 9.17) is 5.73 Å². The zero-order valence-electron chi connectivity index (χ0n) is 9.30. The second-order valence-corrected chi connectivity index (χ2v) is 3.55. The van der Waals surface area contributed by atoms with E-state index in [1.54, 1.807) is 18.3 Å². The molecule has 17 heavy (non-hydrogen) atoms. The van der Waals surface area contributed by atoms with Gasteiger partial charge >= 0.3 is 0 Å². The van der Waals surface area contributed by atoms with Gasteiger partial charge in [0.1, 0.15) is 12.1 Å². The first-order chi connectivity index (χ1) is 8.31. The third kappa shape index (κ3) is 2.70. The van der Waals surface area contributed by atoms with E-state index < -0.39 is 0 Å². The Morgan fingerprint density at radius 1 is 1.24 bits per heavy atom. The molecule has 0 fully saturated rings. The molecule has 1 aromatic carbocycles. The van der Waals surface area contributed by atoms with Crippen molar-refractivity contribution in [3.8, 4) is 17.0 Å². The Kier molecular flexibility index (Phi) is 3.52. The number of aromatic nitrogens is 2. The molecule has 1 aromatic heterocycles. The van der Waals surface area contributed by atoms with Gasteiger partial charge in [0.2, 0.25) is 0 Å². The number of phenols is 1. The molecular weight excluding hydrogens is 216 g/mol. The number of rotatable bonds is 4. The van der Waals surface area contributed by atoms with Crippen molar-refractivity contribution in [3.05, 3.63) is 36.8 Å². The third-order valence-electron chi connectivity index (χ3n) is 2.31. The zero-order chi connectivity index (χ0) is 12.1. The van der Waals surface area contributed by atoms with E-state index in [9.17, 15) is 5.11 Å². The van der Waals surface area contributed by atoms with Gasteiger partial charge in [0.25, 0.3) is 0 Å². The lowest BCUT2D eigenvalue weighted by Crippen LogP contribution is -2.14. The van der Waals surface area contributed by atoms with E-state index in [1.807, 2.05) is 12.1 Å². The highest BCUT2D eigenvalue weighted by molar-refractivity contribution is 5.73. The first-order valence-electron chi connectivity index (χ1n) is 5.34. The van der Waals surface area contributed by atoms with Crippen molar-refractivity contribution in [3.63, 3.8) is 0 Å². The number of hydrogen-bond acceptors (Lipinski definition) is 5. The smallest absolute Gasteiger partial charge is 0.116 e. The minimum absolute atomic E-state index is 0.235. The Balaban J connectivity index is 2.33. The molecule has 0 saturated carbocycles. The normalized spacial score (nSPS) is 10.2. The predicted molar refractivity (Wildman–Crippen MR) is 66.7 cm³/mol. The molecule has 2 rings (SSSR count). The third-order valence-corrected chi connectivity index (χ3v) is 2.31. The second-order valence-electron chi connectivity index (χ2n) is 3.55. The molecule has 0 amide bonds. The van der Waals surface area contributed by atoms with Crippen molar-refractivity contribution >= 4 is 5.69 Å². The van der Waals surface area contributed by atoms with Crippen LogP contribution in [0.15, 0.2) is 36.8 Å². The quantitative estimate of drug-likeness (QED) is 0.735. The van der Waals surface area contributed by atoms with Gasteiger partial charge in [0, 0.05) is 18.7 Å². The average Bonchev–Trinajstić information content (AvgIpc) is 2.38. The Morgan fingerprint density at radius 3 is 2.71 bits per heavy atom. The maximum atomic E-state index is 9.25. The molecule has 0 aliphatic rings. The second kappa shape index (κ2) is 5.27. The SMILES string of the molecule is NCCNc1cncnc1-c1ccc(O)cc1. The molecule has 88 valence electrons. The van der Waals surface area contributed by atoms with E-state index in [2.05, 4.69) is 15.3 Å². The van der Waals surface area contributed by atoms with Gasteiger partial charge in [-0.1, -0.05) is 0 Å². The van der Waals surface area contributed by atoms with Crippen LogP contribution in [0.25, 0.3) is 11.3 Å². The summed E-state index contributed by atoms with van der Waals surface area (Å²) in [5.41, 5.74) is 8.01. The molecule has 0 spiro atoms. The molecular formula is C12H14N4O. The standard InChI is InChI=1S/C12H14N4O/c13-5-6-15-11-7-14-8-16-12(11)9-1-3-10(17)4-2-9/h1-4,7-8,15,17H,5-6,13H2. The summed E-state index contributed by atoms with van der Waals surface area (Å²) >= 11 is 0. The molecule has 1 heterocycles. The molecule has 4 N–H and O–H groups in total. The van der Waals surface area contributed by atoms with Gasteiger partial charge < -0.3 is 16.2 Å². The molecule has 0 bridgehead atoms. The lowest BCUT2D eigenvalue weighted by atomic mass is 10.1. The number of nitrogens with zero attached hydrogens (tertiary/aromatic N) is 2. The van der Waals surface area contributed by atoms with Crippen LogP contribution in [0.5, 0.6) is 5.75 Å². The van der Waals surface area contributed by atoms with Crippen LogP contribution < -0.4 is 11.1 Å². The maximum absolute atomic E-state index is 9.25. The van der Waals surface area contributed by atoms with Gasteiger partial charge in [-0.05, 0) is 24.3 Å². The van der Waals surface area contributed by atoms with Crippen LogP contribution >= 0.6 is 0 Å². The first kappa shape index (κ1) is 11.3. The highest BCUT2D eigenvalue weighted by Crippen LogP contribution is 2.25. The Morgan fingerprint density at radius 2 is 2.00 bits per heavy atom. The Labute approximate surface area is 99.3 Å². The summed E-state index contributed by atoms with van der Waals surface area (Å²) in [6.07, 6.45) is 3.21. The molecule has 5 heteroatoms. The number of phenolic OH excluding ortho intramolecular Hbond substituents is 1. The van der Waals surface area contributed by atoms with E-state index in [-0.39, 0.29) is 5.75 Å². The van der Waals surface area contributed by atoms with Crippen molar-refractivity contribution in [1.29, 1.82) is 0 Å². The van der Waals surface area contributed by atoms with Crippen molar-refractivity contribution in [2.24, 2.45) is 5.73 Å². The van der Waals surface area contributed by atoms with Crippen molar-refractivity contribution in [1.82, 2.24) is 9.97 Å². The number of benzene rings is 1.